The van der Waals surface area contributed by atoms with Gasteiger partial charge in [-0.25, -0.2) is 0 Å². The van der Waals surface area contributed by atoms with Crippen molar-refractivity contribution in [2.75, 3.05) is 13.7 Å². The van der Waals surface area contributed by atoms with Gasteiger partial charge in [0.1, 0.15) is 0 Å². The van der Waals surface area contributed by atoms with Gasteiger partial charge in [-0.05, 0) is 50.3 Å². The Kier molecular flexibility index (Phi) is 6.12. The maximum atomic E-state index is 5.51. The van der Waals surface area contributed by atoms with Gasteiger partial charge in [0.15, 0.2) is 0 Å². The molecule has 0 heterocycles. The minimum Gasteiger partial charge on any atom is -0.381 e. The lowest BCUT2D eigenvalue weighted by molar-refractivity contribution is 0.118. The summed E-state index contributed by atoms with van der Waals surface area (Å²) in [5.41, 5.74) is 8.37. The molecule has 1 aromatic carbocycles. The van der Waals surface area contributed by atoms with Crippen LogP contribution >= 0.6 is 0 Å². The SMILES string of the molecule is COC(C)Cc1ccccc1CCCCN. The number of aryl methyl sites for hydroxylation is 1. The Morgan fingerprint density at radius 1 is 1.19 bits per heavy atom. The highest BCUT2D eigenvalue weighted by molar-refractivity contribution is 5.27. The van der Waals surface area contributed by atoms with E-state index in [1.165, 1.54) is 17.5 Å². The summed E-state index contributed by atoms with van der Waals surface area (Å²) in [5, 5.41) is 0. The fourth-order valence-corrected chi connectivity index (χ4v) is 1.85. The Labute approximate surface area is 98.8 Å². The van der Waals surface area contributed by atoms with Gasteiger partial charge in [-0.1, -0.05) is 24.3 Å². The van der Waals surface area contributed by atoms with Crippen molar-refractivity contribution in [2.24, 2.45) is 5.73 Å². The van der Waals surface area contributed by atoms with Crippen LogP contribution in [0.4, 0.5) is 0 Å². The van der Waals surface area contributed by atoms with Gasteiger partial charge in [-0.3, -0.25) is 0 Å². The van der Waals surface area contributed by atoms with E-state index in [4.69, 9.17) is 10.5 Å². The second kappa shape index (κ2) is 7.42. The molecule has 0 aliphatic carbocycles. The van der Waals surface area contributed by atoms with Crippen molar-refractivity contribution in [1.82, 2.24) is 0 Å². The summed E-state index contributed by atoms with van der Waals surface area (Å²) >= 11 is 0. The van der Waals surface area contributed by atoms with E-state index < -0.39 is 0 Å². The third-order valence-corrected chi connectivity index (χ3v) is 2.93. The Morgan fingerprint density at radius 3 is 2.50 bits per heavy atom. The molecule has 0 bridgehead atoms. The molecular weight excluding hydrogens is 198 g/mol. The first-order valence-corrected chi connectivity index (χ1v) is 6.07. The van der Waals surface area contributed by atoms with Crippen LogP contribution in [0.2, 0.25) is 0 Å². The van der Waals surface area contributed by atoms with Crippen molar-refractivity contribution in [3.63, 3.8) is 0 Å². The number of hydrogen-bond acceptors (Lipinski definition) is 2. The Morgan fingerprint density at radius 2 is 1.88 bits per heavy atom. The molecule has 0 aromatic heterocycles. The van der Waals surface area contributed by atoms with E-state index in [-0.39, 0.29) is 6.10 Å². The van der Waals surface area contributed by atoms with Crippen molar-refractivity contribution in [3.05, 3.63) is 35.4 Å². The van der Waals surface area contributed by atoms with E-state index in [9.17, 15) is 0 Å². The van der Waals surface area contributed by atoms with Crippen molar-refractivity contribution in [2.45, 2.75) is 38.7 Å². The van der Waals surface area contributed by atoms with Crippen LogP contribution in [-0.4, -0.2) is 19.8 Å². The standard InChI is InChI=1S/C14H23NO/c1-12(16-2)11-14-9-4-3-7-13(14)8-5-6-10-15/h3-4,7,9,12H,5-6,8,10-11,15H2,1-2H3. The minimum absolute atomic E-state index is 0.288. The van der Waals surface area contributed by atoms with Gasteiger partial charge in [0.05, 0.1) is 6.10 Å². The van der Waals surface area contributed by atoms with Crippen LogP contribution < -0.4 is 5.73 Å². The largest absolute Gasteiger partial charge is 0.381 e. The smallest absolute Gasteiger partial charge is 0.0583 e. The average molecular weight is 221 g/mol. The minimum atomic E-state index is 0.288. The maximum absolute atomic E-state index is 5.51. The van der Waals surface area contributed by atoms with Crippen LogP contribution in [0.15, 0.2) is 24.3 Å². The van der Waals surface area contributed by atoms with Crippen LogP contribution in [0, 0.1) is 0 Å². The third-order valence-electron chi connectivity index (χ3n) is 2.93. The summed E-state index contributed by atoms with van der Waals surface area (Å²) in [7, 11) is 1.77. The lowest BCUT2D eigenvalue weighted by Crippen LogP contribution is -2.10. The van der Waals surface area contributed by atoms with E-state index in [1.807, 2.05) is 0 Å². The van der Waals surface area contributed by atoms with Crippen LogP contribution in [-0.2, 0) is 17.6 Å². The second-order valence-corrected chi connectivity index (χ2v) is 4.26. The van der Waals surface area contributed by atoms with Crippen LogP contribution in [0.1, 0.15) is 30.9 Å². The number of methoxy groups -OCH3 is 1. The van der Waals surface area contributed by atoms with E-state index in [1.54, 1.807) is 7.11 Å². The van der Waals surface area contributed by atoms with Crippen molar-refractivity contribution < 1.29 is 4.74 Å². The van der Waals surface area contributed by atoms with E-state index in [0.29, 0.717) is 0 Å². The van der Waals surface area contributed by atoms with Gasteiger partial charge in [0, 0.05) is 7.11 Å². The molecule has 1 aromatic rings. The first-order valence-electron chi connectivity index (χ1n) is 6.07. The molecule has 1 rings (SSSR count). The highest BCUT2D eigenvalue weighted by atomic mass is 16.5. The van der Waals surface area contributed by atoms with Crippen molar-refractivity contribution in [3.8, 4) is 0 Å². The van der Waals surface area contributed by atoms with Gasteiger partial charge in [-0.15, -0.1) is 0 Å². The Balaban J connectivity index is 2.60. The van der Waals surface area contributed by atoms with Crippen molar-refractivity contribution >= 4 is 0 Å². The zero-order valence-electron chi connectivity index (χ0n) is 10.4. The van der Waals surface area contributed by atoms with E-state index >= 15 is 0 Å². The number of ether oxygens (including phenoxy) is 1. The molecule has 0 fully saturated rings. The summed E-state index contributed by atoms with van der Waals surface area (Å²) in [6, 6.07) is 8.63. The second-order valence-electron chi connectivity index (χ2n) is 4.26. The molecule has 0 spiro atoms. The molecule has 0 saturated heterocycles. The molecule has 0 aliphatic rings. The van der Waals surface area contributed by atoms with Gasteiger partial charge in [-0.2, -0.15) is 0 Å². The van der Waals surface area contributed by atoms with Crippen LogP contribution in [0.5, 0.6) is 0 Å². The topological polar surface area (TPSA) is 35.2 Å². The number of hydrogen-bond donors (Lipinski definition) is 1. The molecule has 0 saturated carbocycles. The lowest BCUT2D eigenvalue weighted by atomic mass is 9.98. The summed E-state index contributed by atoms with van der Waals surface area (Å²) in [6.45, 7) is 2.90. The fraction of sp³-hybridized carbons (Fsp3) is 0.571. The van der Waals surface area contributed by atoms with Crippen LogP contribution in [0.3, 0.4) is 0 Å². The lowest BCUT2D eigenvalue weighted by Gasteiger charge is -2.13. The maximum Gasteiger partial charge on any atom is 0.0583 e. The highest BCUT2D eigenvalue weighted by Crippen LogP contribution is 2.14. The molecule has 2 heteroatoms. The molecule has 0 radical (unpaired) electrons. The monoisotopic (exact) mass is 221 g/mol. The first-order chi connectivity index (χ1) is 7.77. The molecule has 1 unspecified atom stereocenters. The fourth-order valence-electron chi connectivity index (χ4n) is 1.85. The number of nitrogens with two attached hydrogens (primary N) is 1. The van der Waals surface area contributed by atoms with Crippen LogP contribution in [0.25, 0.3) is 0 Å². The first kappa shape index (κ1) is 13.2. The molecule has 1 atom stereocenters. The molecule has 90 valence electrons. The van der Waals surface area contributed by atoms with Gasteiger partial charge >= 0.3 is 0 Å². The summed E-state index contributed by atoms with van der Waals surface area (Å²) in [4.78, 5) is 0. The molecule has 2 nitrogen and oxygen atoms in total. The number of rotatable bonds is 7. The zero-order chi connectivity index (χ0) is 11.8. The van der Waals surface area contributed by atoms with Gasteiger partial charge in [0.25, 0.3) is 0 Å². The molecule has 16 heavy (non-hydrogen) atoms. The van der Waals surface area contributed by atoms with E-state index in [2.05, 4.69) is 31.2 Å². The summed E-state index contributed by atoms with van der Waals surface area (Å²) < 4.78 is 5.31. The predicted molar refractivity (Wildman–Crippen MR) is 68.6 cm³/mol. The predicted octanol–water partition coefficient (Wildman–Crippen LogP) is 2.55. The van der Waals surface area contributed by atoms with Gasteiger partial charge in [0.2, 0.25) is 0 Å². The van der Waals surface area contributed by atoms with Crippen molar-refractivity contribution in [1.29, 1.82) is 0 Å². The Hall–Kier alpha value is -0.860. The number of unbranched alkanes of at least 4 members (excludes halogenated alkanes) is 1. The van der Waals surface area contributed by atoms with Gasteiger partial charge < -0.3 is 10.5 Å². The quantitative estimate of drug-likeness (QED) is 0.718. The number of benzene rings is 1. The molecule has 2 N–H and O–H groups in total. The molecular formula is C14H23NO. The highest BCUT2D eigenvalue weighted by Gasteiger charge is 2.06. The molecule has 0 aliphatic heterocycles. The van der Waals surface area contributed by atoms with E-state index in [0.717, 1.165) is 25.8 Å². The Bertz CT molecular complexity index is 299. The summed E-state index contributed by atoms with van der Waals surface area (Å²) in [5.74, 6) is 0. The third kappa shape index (κ3) is 4.33. The normalized spacial score (nSPS) is 12.7. The molecule has 0 amide bonds. The average Bonchev–Trinajstić information content (AvgIpc) is 2.31. The summed E-state index contributed by atoms with van der Waals surface area (Å²) in [6.07, 6.45) is 4.69. The zero-order valence-corrected chi connectivity index (χ0v) is 10.4.